The Labute approximate surface area is 137 Å². The number of esters is 2. The molecular weight excluding hydrogens is 294 g/mol. The Bertz CT molecular complexity index is 531. The molecule has 0 N–H and O–H groups in total. The summed E-state index contributed by atoms with van der Waals surface area (Å²) >= 11 is 0. The fourth-order valence-corrected chi connectivity index (χ4v) is 3.21. The van der Waals surface area contributed by atoms with Crippen LogP contribution >= 0.6 is 0 Å². The van der Waals surface area contributed by atoms with Crippen molar-refractivity contribution in [3.8, 4) is 0 Å². The van der Waals surface area contributed by atoms with Crippen LogP contribution in [0, 0.1) is 5.92 Å². The van der Waals surface area contributed by atoms with Gasteiger partial charge < -0.3 is 9.47 Å². The van der Waals surface area contributed by atoms with Crippen LogP contribution in [0.2, 0.25) is 0 Å². The number of hydrogen-bond acceptors (Lipinski definition) is 5. The van der Waals surface area contributed by atoms with Gasteiger partial charge in [-0.3, -0.25) is 14.5 Å². The number of likely N-dealkylation sites (tertiary alicyclic amines) is 1. The smallest absolute Gasteiger partial charge is 0.323 e. The van der Waals surface area contributed by atoms with Crippen molar-refractivity contribution in [2.24, 2.45) is 5.92 Å². The second kappa shape index (κ2) is 8.11. The molecule has 1 heterocycles. The van der Waals surface area contributed by atoms with Gasteiger partial charge in [-0.05, 0) is 31.7 Å². The lowest BCUT2D eigenvalue weighted by Crippen LogP contribution is -2.46. The van der Waals surface area contributed by atoms with Crippen LogP contribution in [0.3, 0.4) is 0 Å². The van der Waals surface area contributed by atoms with Crippen molar-refractivity contribution in [1.82, 2.24) is 4.90 Å². The van der Waals surface area contributed by atoms with Crippen molar-refractivity contribution >= 4 is 11.9 Å². The van der Waals surface area contributed by atoms with Gasteiger partial charge >= 0.3 is 11.9 Å². The lowest BCUT2D eigenvalue weighted by Gasteiger charge is -2.28. The molecule has 1 aliphatic rings. The van der Waals surface area contributed by atoms with Crippen molar-refractivity contribution in [3.63, 3.8) is 0 Å². The van der Waals surface area contributed by atoms with Gasteiger partial charge in [-0.25, -0.2) is 0 Å². The van der Waals surface area contributed by atoms with E-state index >= 15 is 0 Å². The summed E-state index contributed by atoms with van der Waals surface area (Å²) in [5, 5.41) is 0. The van der Waals surface area contributed by atoms with Crippen molar-refractivity contribution in [1.29, 1.82) is 0 Å². The zero-order valence-corrected chi connectivity index (χ0v) is 14.0. The molecule has 0 radical (unpaired) electrons. The molecule has 2 rings (SSSR count). The maximum Gasteiger partial charge on any atom is 0.323 e. The molecule has 0 bridgehead atoms. The van der Waals surface area contributed by atoms with Crippen molar-refractivity contribution < 1.29 is 19.1 Å². The van der Waals surface area contributed by atoms with Gasteiger partial charge in [0.15, 0.2) is 0 Å². The molecule has 0 unspecified atom stereocenters. The summed E-state index contributed by atoms with van der Waals surface area (Å²) in [7, 11) is 0. The monoisotopic (exact) mass is 319 g/mol. The number of ether oxygens (including phenoxy) is 2. The maximum absolute atomic E-state index is 12.4. The van der Waals surface area contributed by atoms with E-state index in [9.17, 15) is 9.59 Å². The molecule has 23 heavy (non-hydrogen) atoms. The average molecular weight is 319 g/mol. The zero-order chi connectivity index (χ0) is 16.8. The molecule has 126 valence electrons. The Morgan fingerprint density at radius 2 is 1.70 bits per heavy atom. The Balaban J connectivity index is 2.25. The topological polar surface area (TPSA) is 55.8 Å². The molecule has 0 aliphatic carbocycles. The highest BCUT2D eigenvalue weighted by molar-refractivity contribution is 5.81. The second-order valence-electron chi connectivity index (χ2n) is 5.84. The van der Waals surface area contributed by atoms with E-state index in [-0.39, 0.29) is 17.9 Å². The molecule has 5 nitrogen and oxygen atoms in total. The first-order chi connectivity index (χ1) is 11.1. The summed E-state index contributed by atoms with van der Waals surface area (Å²) in [5.74, 6) is -0.475. The SMILES string of the molecule is CCOC(=O)[C@@H]1C[C@@H](C)[C@H](C(=O)OCC)N1Cc1ccccc1. The average Bonchev–Trinajstić information content (AvgIpc) is 2.85. The standard InChI is InChI=1S/C18H25NO4/c1-4-22-17(20)15-11-13(3)16(18(21)23-5-2)19(15)12-14-9-7-6-8-10-14/h6-10,13,15-16H,4-5,11-12H2,1-3H3/t13-,15+,16-/m1/s1. The number of carbonyl (C=O) groups excluding carboxylic acids is 2. The molecule has 0 aromatic heterocycles. The van der Waals surface area contributed by atoms with Gasteiger partial charge in [0.2, 0.25) is 0 Å². The fraction of sp³-hybridized carbons (Fsp3) is 0.556. The van der Waals surface area contributed by atoms with E-state index < -0.39 is 12.1 Å². The van der Waals surface area contributed by atoms with E-state index in [1.54, 1.807) is 13.8 Å². The molecule has 3 atom stereocenters. The van der Waals surface area contributed by atoms with E-state index in [0.717, 1.165) is 5.56 Å². The van der Waals surface area contributed by atoms with Gasteiger partial charge in [0.25, 0.3) is 0 Å². The summed E-state index contributed by atoms with van der Waals surface area (Å²) in [6.45, 7) is 6.78. The Morgan fingerprint density at radius 1 is 1.09 bits per heavy atom. The van der Waals surface area contributed by atoms with Crippen molar-refractivity contribution in [3.05, 3.63) is 35.9 Å². The number of hydrogen-bond donors (Lipinski definition) is 0. The molecule has 0 amide bonds. The van der Waals surface area contributed by atoms with Gasteiger partial charge in [0.05, 0.1) is 13.2 Å². The number of rotatable bonds is 6. The largest absolute Gasteiger partial charge is 0.465 e. The van der Waals surface area contributed by atoms with Gasteiger partial charge in [0.1, 0.15) is 12.1 Å². The summed E-state index contributed by atoms with van der Waals surface area (Å²) in [4.78, 5) is 26.6. The van der Waals surface area contributed by atoms with Crippen LogP contribution in [0.15, 0.2) is 30.3 Å². The Hall–Kier alpha value is -1.88. The molecule has 0 spiro atoms. The third-order valence-corrected chi connectivity index (χ3v) is 4.19. The quantitative estimate of drug-likeness (QED) is 0.754. The molecule has 1 aromatic carbocycles. The van der Waals surface area contributed by atoms with Crippen LogP contribution in [0.25, 0.3) is 0 Å². The number of benzene rings is 1. The van der Waals surface area contributed by atoms with E-state index in [1.807, 2.05) is 42.2 Å². The molecule has 1 saturated heterocycles. The third kappa shape index (κ3) is 4.10. The highest BCUT2D eigenvalue weighted by Gasteiger charge is 2.47. The van der Waals surface area contributed by atoms with Crippen LogP contribution in [-0.4, -0.2) is 42.1 Å². The molecule has 1 aromatic rings. The number of nitrogens with zero attached hydrogens (tertiary/aromatic N) is 1. The van der Waals surface area contributed by atoms with Gasteiger partial charge in [-0.2, -0.15) is 0 Å². The number of carbonyl (C=O) groups is 2. The van der Waals surface area contributed by atoms with Crippen LogP contribution in [0.1, 0.15) is 32.8 Å². The lowest BCUT2D eigenvalue weighted by atomic mass is 10.0. The summed E-state index contributed by atoms with van der Waals surface area (Å²) < 4.78 is 10.4. The van der Waals surface area contributed by atoms with E-state index in [1.165, 1.54) is 0 Å². The summed E-state index contributed by atoms with van der Waals surface area (Å²) in [6.07, 6.45) is 0.606. The van der Waals surface area contributed by atoms with Crippen LogP contribution in [0.5, 0.6) is 0 Å². The highest BCUT2D eigenvalue weighted by Crippen LogP contribution is 2.33. The minimum atomic E-state index is -0.412. The molecule has 1 fully saturated rings. The Morgan fingerprint density at radius 3 is 2.30 bits per heavy atom. The fourth-order valence-electron chi connectivity index (χ4n) is 3.21. The van der Waals surface area contributed by atoms with Crippen molar-refractivity contribution in [2.75, 3.05) is 13.2 Å². The Kier molecular flexibility index (Phi) is 6.16. The van der Waals surface area contributed by atoms with Crippen LogP contribution < -0.4 is 0 Å². The summed E-state index contributed by atoms with van der Waals surface area (Å²) in [5.41, 5.74) is 1.06. The van der Waals surface area contributed by atoms with Crippen LogP contribution in [0.4, 0.5) is 0 Å². The van der Waals surface area contributed by atoms with E-state index in [0.29, 0.717) is 26.2 Å². The minimum Gasteiger partial charge on any atom is -0.465 e. The van der Waals surface area contributed by atoms with Gasteiger partial charge in [0, 0.05) is 6.54 Å². The van der Waals surface area contributed by atoms with Crippen molar-refractivity contribution in [2.45, 2.75) is 45.8 Å². The summed E-state index contributed by atoms with van der Waals surface area (Å²) in [6, 6.07) is 9.02. The first-order valence-corrected chi connectivity index (χ1v) is 8.21. The first kappa shape index (κ1) is 17.5. The van der Waals surface area contributed by atoms with E-state index in [2.05, 4.69) is 0 Å². The lowest BCUT2D eigenvalue weighted by molar-refractivity contribution is -0.154. The van der Waals surface area contributed by atoms with Gasteiger partial charge in [-0.1, -0.05) is 37.3 Å². The normalized spacial score (nSPS) is 24.4. The van der Waals surface area contributed by atoms with Gasteiger partial charge in [-0.15, -0.1) is 0 Å². The predicted octanol–water partition coefficient (Wildman–Crippen LogP) is 2.39. The van der Waals surface area contributed by atoms with E-state index in [4.69, 9.17) is 9.47 Å². The third-order valence-electron chi connectivity index (χ3n) is 4.19. The second-order valence-corrected chi connectivity index (χ2v) is 5.84. The molecular formula is C18H25NO4. The van der Waals surface area contributed by atoms with Crippen LogP contribution in [-0.2, 0) is 25.6 Å². The molecule has 1 aliphatic heterocycles. The minimum absolute atomic E-state index is 0.0483. The highest BCUT2D eigenvalue weighted by atomic mass is 16.5. The molecule has 0 saturated carbocycles. The predicted molar refractivity (Wildman–Crippen MR) is 86.6 cm³/mol. The zero-order valence-electron chi connectivity index (χ0n) is 14.0. The maximum atomic E-state index is 12.4. The molecule has 5 heteroatoms. The first-order valence-electron chi connectivity index (χ1n) is 8.21.